The third kappa shape index (κ3) is 2.05. The number of halogens is 3. The van der Waals surface area contributed by atoms with E-state index in [2.05, 4.69) is 22.2 Å². The van der Waals surface area contributed by atoms with Gasteiger partial charge in [0, 0.05) is 18.2 Å². The molecule has 5 heteroatoms. The lowest BCUT2D eigenvalue weighted by molar-refractivity contribution is -0.274. The van der Waals surface area contributed by atoms with Crippen molar-refractivity contribution >= 4 is 5.69 Å². The number of alkyl halides is 3. The predicted molar refractivity (Wildman–Crippen MR) is 61.6 cm³/mol. The lowest BCUT2D eigenvalue weighted by atomic mass is 9.84. The standard InChI is InChI=1S/C13H12F3NO/c14-13(15,16)18-9-4-5-12-11(6-9)10-3-1-2-8(10)7-17-12/h1,3-6,8,10,17H,2,7H2. The third-order valence-electron chi connectivity index (χ3n) is 3.46. The zero-order chi connectivity index (χ0) is 12.8. The number of nitrogens with one attached hydrogen (secondary N) is 1. The van der Waals surface area contributed by atoms with Crippen LogP contribution in [0.1, 0.15) is 17.9 Å². The highest BCUT2D eigenvalue weighted by molar-refractivity contribution is 5.59. The van der Waals surface area contributed by atoms with E-state index in [9.17, 15) is 13.2 Å². The van der Waals surface area contributed by atoms with Crippen LogP contribution >= 0.6 is 0 Å². The first-order valence-electron chi connectivity index (χ1n) is 5.83. The molecule has 2 aliphatic rings. The van der Waals surface area contributed by atoms with Gasteiger partial charge in [-0.1, -0.05) is 12.2 Å². The molecule has 1 aliphatic carbocycles. The molecule has 2 unspecified atom stereocenters. The van der Waals surface area contributed by atoms with Gasteiger partial charge in [0.05, 0.1) is 0 Å². The Morgan fingerprint density at radius 2 is 2.11 bits per heavy atom. The first-order valence-corrected chi connectivity index (χ1v) is 5.83. The van der Waals surface area contributed by atoms with Gasteiger partial charge in [0.1, 0.15) is 5.75 Å². The highest BCUT2D eigenvalue weighted by Gasteiger charge is 2.33. The maximum Gasteiger partial charge on any atom is 0.573 e. The molecular weight excluding hydrogens is 243 g/mol. The van der Waals surface area contributed by atoms with Crippen molar-refractivity contribution < 1.29 is 17.9 Å². The van der Waals surface area contributed by atoms with Crippen molar-refractivity contribution in [1.29, 1.82) is 0 Å². The van der Waals surface area contributed by atoms with Gasteiger partial charge in [-0.2, -0.15) is 0 Å². The summed E-state index contributed by atoms with van der Waals surface area (Å²) in [6, 6.07) is 4.49. The Hall–Kier alpha value is -1.65. The van der Waals surface area contributed by atoms with Gasteiger partial charge in [-0.15, -0.1) is 13.2 Å². The quantitative estimate of drug-likeness (QED) is 0.773. The summed E-state index contributed by atoms with van der Waals surface area (Å²) in [5.74, 6) is 0.501. The summed E-state index contributed by atoms with van der Waals surface area (Å²) in [5.41, 5.74) is 1.79. The third-order valence-corrected chi connectivity index (χ3v) is 3.46. The normalized spacial score (nSPS) is 25.3. The number of ether oxygens (including phenoxy) is 1. The second-order valence-corrected chi connectivity index (χ2v) is 4.63. The van der Waals surface area contributed by atoms with Crippen molar-refractivity contribution in [3.63, 3.8) is 0 Å². The van der Waals surface area contributed by atoms with Crippen LogP contribution in [0.15, 0.2) is 30.4 Å². The van der Waals surface area contributed by atoms with E-state index in [-0.39, 0.29) is 11.7 Å². The van der Waals surface area contributed by atoms with Crippen LogP contribution in [-0.4, -0.2) is 12.9 Å². The van der Waals surface area contributed by atoms with Crippen molar-refractivity contribution in [2.75, 3.05) is 11.9 Å². The molecule has 0 fully saturated rings. The molecule has 1 aliphatic heterocycles. The van der Waals surface area contributed by atoms with Crippen molar-refractivity contribution in [2.24, 2.45) is 5.92 Å². The number of anilines is 1. The molecule has 0 bridgehead atoms. The van der Waals surface area contributed by atoms with Crippen molar-refractivity contribution in [1.82, 2.24) is 0 Å². The van der Waals surface area contributed by atoms with E-state index < -0.39 is 6.36 Å². The molecule has 2 atom stereocenters. The molecule has 0 spiro atoms. The Morgan fingerprint density at radius 1 is 1.28 bits per heavy atom. The first kappa shape index (κ1) is 11.4. The molecular formula is C13H12F3NO. The van der Waals surface area contributed by atoms with Gasteiger partial charge in [0.25, 0.3) is 0 Å². The number of rotatable bonds is 1. The van der Waals surface area contributed by atoms with Gasteiger partial charge in [-0.25, -0.2) is 0 Å². The number of benzene rings is 1. The van der Waals surface area contributed by atoms with E-state index in [1.165, 1.54) is 12.1 Å². The lowest BCUT2D eigenvalue weighted by Gasteiger charge is -2.29. The lowest BCUT2D eigenvalue weighted by Crippen LogP contribution is -2.24. The van der Waals surface area contributed by atoms with Crippen LogP contribution in [0.25, 0.3) is 0 Å². The fraction of sp³-hybridized carbons (Fsp3) is 0.385. The molecule has 3 rings (SSSR count). The van der Waals surface area contributed by atoms with Crippen molar-refractivity contribution in [2.45, 2.75) is 18.7 Å². The predicted octanol–water partition coefficient (Wildman–Crippen LogP) is 3.67. The highest BCUT2D eigenvalue weighted by Crippen LogP contribution is 2.43. The number of fused-ring (bicyclic) bond motifs is 3. The van der Waals surface area contributed by atoms with E-state index in [1.807, 2.05) is 0 Å². The Morgan fingerprint density at radius 3 is 2.89 bits per heavy atom. The Balaban J connectivity index is 1.94. The molecule has 96 valence electrons. The minimum atomic E-state index is -4.64. The monoisotopic (exact) mass is 255 g/mol. The van der Waals surface area contributed by atoms with Gasteiger partial charge in [0.15, 0.2) is 0 Å². The molecule has 1 aromatic carbocycles. The molecule has 0 amide bonds. The fourth-order valence-electron chi connectivity index (χ4n) is 2.69. The second-order valence-electron chi connectivity index (χ2n) is 4.63. The number of hydrogen-bond acceptors (Lipinski definition) is 2. The Labute approximate surface area is 102 Å². The largest absolute Gasteiger partial charge is 0.573 e. The Kier molecular flexibility index (Phi) is 2.50. The topological polar surface area (TPSA) is 21.3 Å². The van der Waals surface area contributed by atoms with Crippen LogP contribution in [0.3, 0.4) is 0 Å². The molecule has 18 heavy (non-hydrogen) atoms. The Bertz CT molecular complexity index is 495. The van der Waals surface area contributed by atoms with Crippen LogP contribution in [0, 0.1) is 5.92 Å². The summed E-state index contributed by atoms with van der Waals surface area (Å²) in [4.78, 5) is 0. The maximum absolute atomic E-state index is 12.2. The van der Waals surface area contributed by atoms with Gasteiger partial charge >= 0.3 is 6.36 Å². The molecule has 0 radical (unpaired) electrons. The molecule has 1 aromatic rings. The zero-order valence-corrected chi connectivity index (χ0v) is 9.50. The van der Waals surface area contributed by atoms with Crippen LogP contribution in [0.2, 0.25) is 0 Å². The molecule has 0 saturated carbocycles. The molecule has 0 saturated heterocycles. The summed E-state index contributed by atoms with van der Waals surface area (Å²) >= 11 is 0. The van der Waals surface area contributed by atoms with Gasteiger partial charge in [-0.05, 0) is 36.1 Å². The fourth-order valence-corrected chi connectivity index (χ4v) is 2.69. The summed E-state index contributed by atoms with van der Waals surface area (Å²) in [5, 5.41) is 3.25. The molecule has 1 heterocycles. The van der Waals surface area contributed by atoms with E-state index in [1.54, 1.807) is 6.07 Å². The average Bonchev–Trinajstić information content (AvgIpc) is 2.75. The minimum absolute atomic E-state index is 0.149. The van der Waals surface area contributed by atoms with Crippen molar-refractivity contribution in [3.05, 3.63) is 35.9 Å². The maximum atomic E-state index is 12.2. The smallest absolute Gasteiger partial charge is 0.406 e. The average molecular weight is 255 g/mol. The van der Waals surface area contributed by atoms with Gasteiger partial charge in [-0.3, -0.25) is 0 Å². The second kappa shape index (κ2) is 3.93. The summed E-state index contributed by atoms with van der Waals surface area (Å²) in [7, 11) is 0. The van der Waals surface area contributed by atoms with Crippen LogP contribution in [0.5, 0.6) is 5.75 Å². The van der Waals surface area contributed by atoms with Crippen LogP contribution in [0.4, 0.5) is 18.9 Å². The molecule has 1 N–H and O–H groups in total. The van der Waals surface area contributed by atoms with E-state index in [0.29, 0.717) is 5.92 Å². The number of allylic oxidation sites excluding steroid dienone is 2. The first-order chi connectivity index (χ1) is 8.53. The summed E-state index contributed by atoms with van der Waals surface area (Å²) < 4.78 is 40.5. The highest BCUT2D eigenvalue weighted by atomic mass is 19.4. The van der Waals surface area contributed by atoms with E-state index in [0.717, 1.165) is 24.2 Å². The van der Waals surface area contributed by atoms with Gasteiger partial charge < -0.3 is 10.1 Å². The molecule has 0 aromatic heterocycles. The SMILES string of the molecule is FC(F)(F)Oc1ccc2c(c1)C1C=CCC1CN2. The van der Waals surface area contributed by atoms with Gasteiger partial charge in [0.2, 0.25) is 0 Å². The zero-order valence-electron chi connectivity index (χ0n) is 9.50. The van der Waals surface area contributed by atoms with Crippen LogP contribution < -0.4 is 10.1 Å². The number of hydrogen-bond donors (Lipinski definition) is 1. The van der Waals surface area contributed by atoms with Crippen LogP contribution in [-0.2, 0) is 0 Å². The van der Waals surface area contributed by atoms with E-state index >= 15 is 0 Å². The molecule has 2 nitrogen and oxygen atoms in total. The van der Waals surface area contributed by atoms with Crippen molar-refractivity contribution in [3.8, 4) is 5.75 Å². The van der Waals surface area contributed by atoms with E-state index in [4.69, 9.17) is 0 Å². The summed E-state index contributed by atoms with van der Waals surface area (Å²) in [6.45, 7) is 0.865. The summed E-state index contributed by atoms with van der Waals surface area (Å²) in [6.07, 6.45) is 0.494. The minimum Gasteiger partial charge on any atom is -0.406 e.